The van der Waals surface area contributed by atoms with Crippen LogP contribution in [0.25, 0.3) is 10.2 Å². The van der Waals surface area contributed by atoms with Crippen molar-refractivity contribution in [3.63, 3.8) is 0 Å². The molecule has 1 fully saturated rings. The summed E-state index contributed by atoms with van der Waals surface area (Å²) in [5.41, 5.74) is 3.41. The van der Waals surface area contributed by atoms with Crippen LogP contribution in [0.1, 0.15) is 96.8 Å². The van der Waals surface area contributed by atoms with Gasteiger partial charge in [0.2, 0.25) is 17.7 Å². The maximum absolute atomic E-state index is 15.1. The first-order valence-electron chi connectivity index (χ1n) is 24.1. The van der Waals surface area contributed by atoms with Gasteiger partial charge in [0.15, 0.2) is 39.2 Å². The largest absolute Gasteiger partial charge is 0.491 e. The van der Waals surface area contributed by atoms with Gasteiger partial charge in [0, 0.05) is 86.6 Å². The SMILES string of the molecule is CCC(=O)NCCOCCNC(=O)CCCCCCC(=O)N1CCN(CC#Cc2ccc(OCCCc3sc(N4CCCc5c4nnc(Nc4nc6ccccc6s4)c5C)nc3C(=O)O)c(F)c2)CC1. The number of unbranched alkanes of at least 4 members (excludes halogenated alkanes) is 3. The Labute approximate surface area is 415 Å². The Hall–Kier alpha value is -6.27. The van der Waals surface area contributed by atoms with E-state index in [1.807, 2.05) is 41.0 Å². The van der Waals surface area contributed by atoms with Crippen molar-refractivity contribution in [2.45, 2.75) is 84.5 Å². The number of ether oxygens (including phenoxy) is 2. The van der Waals surface area contributed by atoms with Crippen molar-refractivity contribution in [3.8, 4) is 17.6 Å². The summed E-state index contributed by atoms with van der Waals surface area (Å²) < 4.78 is 27.4. The van der Waals surface area contributed by atoms with Gasteiger partial charge in [-0.15, -0.1) is 21.5 Å². The van der Waals surface area contributed by atoms with Gasteiger partial charge in [-0.25, -0.2) is 19.2 Å². The van der Waals surface area contributed by atoms with Crippen LogP contribution in [-0.2, 0) is 32.0 Å². The summed E-state index contributed by atoms with van der Waals surface area (Å²) in [6, 6.07) is 12.6. The van der Waals surface area contributed by atoms with Crippen molar-refractivity contribution in [1.29, 1.82) is 0 Å². The lowest BCUT2D eigenvalue weighted by atomic mass is 10.0. The minimum absolute atomic E-state index is 0.0122. The number of carbonyl (C=O) groups excluding carboxylic acids is 3. The van der Waals surface area contributed by atoms with E-state index in [1.165, 1.54) is 17.4 Å². The van der Waals surface area contributed by atoms with E-state index < -0.39 is 11.8 Å². The zero-order valence-corrected chi connectivity index (χ0v) is 41.5. The van der Waals surface area contributed by atoms with Crippen LogP contribution in [-0.4, -0.2) is 131 Å². The van der Waals surface area contributed by atoms with Crippen molar-refractivity contribution in [1.82, 2.24) is 40.6 Å². The zero-order valence-electron chi connectivity index (χ0n) is 39.8. The van der Waals surface area contributed by atoms with Crippen molar-refractivity contribution in [2.24, 2.45) is 0 Å². The predicted molar refractivity (Wildman–Crippen MR) is 269 cm³/mol. The van der Waals surface area contributed by atoms with E-state index in [9.17, 15) is 24.3 Å². The molecular weight excluding hydrogens is 936 g/mol. The number of carbonyl (C=O) groups is 4. The van der Waals surface area contributed by atoms with Crippen LogP contribution in [0.3, 0.4) is 0 Å². The number of halogens is 1. The molecule has 0 spiro atoms. The van der Waals surface area contributed by atoms with Crippen molar-refractivity contribution in [2.75, 3.05) is 82.4 Å². The maximum Gasteiger partial charge on any atom is 0.355 e. The first-order valence-corrected chi connectivity index (χ1v) is 25.7. The van der Waals surface area contributed by atoms with E-state index in [2.05, 4.69) is 52.9 Å². The molecule has 17 nitrogen and oxygen atoms in total. The minimum Gasteiger partial charge on any atom is -0.491 e. The van der Waals surface area contributed by atoms with Crippen LogP contribution < -0.4 is 25.6 Å². The van der Waals surface area contributed by atoms with Gasteiger partial charge in [-0.05, 0) is 75.8 Å². The highest BCUT2D eigenvalue weighted by Gasteiger charge is 2.29. The Morgan fingerprint density at radius 1 is 0.871 bits per heavy atom. The van der Waals surface area contributed by atoms with Gasteiger partial charge in [-0.2, -0.15) is 0 Å². The quantitative estimate of drug-likeness (QED) is 0.0363. The second-order valence-electron chi connectivity index (χ2n) is 17.1. The van der Waals surface area contributed by atoms with Crippen LogP contribution in [0.4, 0.5) is 26.3 Å². The lowest BCUT2D eigenvalue weighted by Crippen LogP contribution is -2.48. The Kier molecular flexibility index (Phi) is 19.2. The number of hydrogen-bond donors (Lipinski definition) is 4. The number of anilines is 4. The summed E-state index contributed by atoms with van der Waals surface area (Å²) in [6.45, 7) is 9.48. The molecule has 0 unspecified atom stereocenters. The van der Waals surface area contributed by atoms with Crippen LogP contribution in [0, 0.1) is 24.6 Å². The molecule has 5 aromatic rings. The molecule has 0 atom stereocenters. The molecule has 1 saturated heterocycles. The van der Waals surface area contributed by atoms with E-state index in [-0.39, 0.29) is 35.8 Å². The number of thiazole rings is 2. The van der Waals surface area contributed by atoms with E-state index in [1.54, 1.807) is 30.4 Å². The number of para-hydroxylation sites is 1. The highest BCUT2D eigenvalue weighted by molar-refractivity contribution is 7.22. The number of fused-ring (bicyclic) bond motifs is 2. The number of nitrogens with zero attached hydrogens (tertiary/aromatic N) is 7. The highest BCUT2D eigenvalue weighted by Crippen LogP contribution is 2.39. The molecule has 2 aliphatic heterocycles. The normalized spacial score (nSPS) is 13.6. The number of piperazine rings is 1. The fourth-order valence-corrected chi connectivity index (χ4v) is 10.1. The number of nitrogens with one attached hydrogen (secondary N) is 3. The second-order valence-corrected chi connectivity index (χ2v) is 19.1. The number of amides is 3. The smallest absolute Gasteiger partial charge is 0.355 e. The first-order chi connectivity index (χ1) is 34.1. The first kappa shape index (κ1) is 51.6. The number of hydrogen-bond acceptors (Lipinski definition) is 15. The third-order valence-electron chi connectivity index (χ3n) is 12.0. The van der Waals surface area contributed by atoms with Gasteiger partial charge in [0.05, 0.1) is 36.6 Å². The van der Waals surface area contributed by atoms with E-state index in [0.717, 1.165) is 65.0 Å². The van der Waals surface area contributed by atoms with Crippen molar-refractivity contribution in [3.05, 3.63) is 75.5 Å². The Morgan fingerprint density at radius 2 is 1.64 bits per heavy atom. The number of carboxylic acid groups (broad SMARTS) is 1. The molecule has 3 aromatic heterocycles. The number of aromatic carboxylic acids is 1. The minimum atomic E-state index is -1.11. The average molecular weight is 997 g/mol. The molecular formula is C50H61FN10O7S2. The average Bonchev–Trinajstić information content (AvgIpc) is 3.99. The number of aryl methyl sites for hydroxylation is 1. The van der Waals surface area contributed by atoms with Crippen LogP contribution in [0.2, 0.25) is 0 Å². The van der Waals surface area contributed by atoms with Gasteiger partial charge < -0.3 is 40.3 Å². The van der Waals surface area contributed by atoms with Gasteiger partial charge in [0.1, 0.15) is 0 Å². The number of aromatic nitrogens is 4. The molecule has 2 aliphatic rings. The van der Waals surface area contributed by atoms with E-state index in [0.29, 0.717) is 125 Å². The summed E-state index contributed by atoms with van der Waals surface area (Å²) >= 11 is 2.86. The fraction of sp³-hybridized carbons (Fsp3) is 0.480. The van der Waals surface area contributed by atoms with Crippen molar-refractivity contribution >= 4 is 78.5 Å². The molecule has 3 amide bonds. The molecule has 0 aliphatic carbocycles. The monoisotopic (exact) mass is 996 g/mol. The molecule has 2 aromatic carbocycles. The van der Waals surface area contributed by atoms with Crippen molar-refractivity contribution < 1.29 is 38.1 Å². The molecule has 7 rings (SSSR count). The summed E-state index contributed by atoms with van der Waals surface area (Å²) in [6.07, 6.45) is 7.17. The summed E-state index contributed by atoms with van der Waals surface area (Å²) in [7, 11) is 0. The Balaban J connectivity index is 0.780. The maximum atomic E-state index is 15.1. The standard InChI is InChI=1S/C50H61FN10O7S2/c1-3-42(62)52-22-31-67-32-23-53-43(63)18-6-4-5-7-19-44(64)60-28-26-59(27-29-60)24-10-13-35-20-21-39(37(51)33-35)68-30-12-17-41-45(48(65)66)55-50(70-41)61-25-11-14-36-34(2)46(57-58-47(36)61)56-49-54-38-15-8-9-16-40(38)69-49/h8-9,15-16,20-21,33H,3-7,11-12,14,17-19,22-32H2,1-2H3,(H,52,62)(H,53,63)(H,65,66)(H,54,56,57). The number of carboxylic acids is 1. The third-order valence-corrected chi connectivity index (χ3v) is 14.1. The molecule has 0 radical (unpaired) electrons. The molecule has 0 saturated carbocycles. The van der Waals surface area contributed by atoms with Crippen LogP contribution >= 0.6 is 22.7 Å². The zero-order chi connectivity index (χ0) is 49.2. The van der Waals surface area contributed by atoms with Crippen LogP contribution in [0.5, 0.6) is 5.75 Å². The van der Waals surface area contributed by atoms with E-state index in [4.69, 9.17) is 9.47 Å². The summed E-state index contributed by atoms with van der Waals surface area (Å²) in [5, 5.41) is 29.4. The summed E-state index contributed by atoms with van der Waals surface area (Å²) in [4.78, 5) is 64.2. The highest BCUT2D eigenvalue weighted by atomic mass is 32.1. The van der Waals surface area contributed by atoms with Gasteiger partial charge in [-0.1, -0.05) is 55.1 Å². The molecule has 20 heteroatoms. The molecule has 5 heterocycles. The topological polar surface area (TPSA) is 204 Å². The van der Waals surface area contributed by atoms with Gasteiger partial charge in [0.25, 0.3) is 0 Å². The number of rotatable bonds is 24. The van der Waals surface area contributed by atoms with Gasteiger partial charge >= 0.3 is 5.97 Å². The Morgan fingerprint density at radius 3 is 2.40 bits per heavy atom. The Bertz CT molecular complexity index is 2630. The number of benzene rings is 2. The fourth-order valence-electron chi connectivity index (χ4n) is 8.14. The molecule has 0 bridgehead atoms. The second kappa shape index (κ2) is 26.1. The molecule has 70 heavy (non-hydrogen) atoms. The molecule has 4 N–H and O–H groups in total. The molecule has 372 valence electrons. The lowest BCUT2D eigenvalue weighted by molar-refractivity contribution is -0.133. The predicted octanol–water partition coefficient (Wildman–Crippen LogP) is 7.02. The third kappa shape index (κ3) is 14.6. The van der Waals surface area contributed by atoms with E-state index >= 15 is 4.39 Å². The van der Waals surface area contributed by atoms with Gasteiger partial charge in [-0.3, -0.25) is 19.3 Å². The summed E-state index contributed by atoms with van der Waals surface area (Å²) in [5.74, 6) is 6.05. The lowest BCUT2D eigenvalue weighted by Gasteiger charge is -2.33. The van der Waals surface area contributed by atoms with Crippen LogP contribution in [0.15, 0.2) is 42.5 Å².